The highest BCUT2D eigenvalue weighted by atomic mass is 79.9. The van der Waals surface area contributed by atoms with Crippen LogP contribution < -0.4 is 0 Å². The van der Waals surface area contributed by atoms with Crippen molar-refractivity contribution in [1.29, 1.82) is 5.26 Å². The van der Waals surface area contributed by atoms with Gasteiger partial charge < -0.3 is 4.98 Å². The van der Waals surface area contributed by atoms with Gasteiger partial charge in [-0.15, -0.1) is 0 Å². The van der Waals surface area contributed by atoms with Gasteiger partial charge in [0.15, 0.2) is 5.16 Å². The molecule has 0 fully saturated rings. The van der Waals surface area contributed by atoms with Crippen molar-refractivity contribution < 1.29 is 0 Å². The Labute approximate surface area is 134 Å². The number of allylic oxidation sites excluding steroid dienone is 1. The van der Waals surface area contributed by atoms with E-state index in [9.17, 15) is 5.26 Å². The summed E-state index contributed by atoms with van der Waals surface area (Å²) < 4.78 is 1.02. The topological polar surface area (TPSA) is 52.5 Å². The predicted octanol–water partition coefficient (Wildman–Crippen LogP) is 4.98. The van der Waals surface area contributed by atoms with Crippen LogP contribution in [0.3, 0.4) is 0 Å². The van der Waals surface area contributed by atoms with Crippen molar-refractivity contribution in [2.75, 3.05) is 0 Å². The van der Waals surface area contributed by atoms with E-state index in [1.807, 2.05) is 54.6 Å². The number of halogens is 1. The third-order valence-corrected chi connectivity index (χ3v) is 4.20. The molecule has 5 heteroatoms. The highest BCUT2D eigenvalue weighted by Gasteiger charge is 2.06. The number of thioether (sulfide) groups is 1. The van der Waals surface area contributed by atoms with Gasteiger partial charge in [-0.2, -0.15) is 5.26 Å². The molecule has 0 aliphatic heterocycles. The molecule has 1 aromatic heterocycles. The molecule has 3 aromatic rings. The first-order chi connectivity index (χ1) is 10.2. The number of nitrogens with zero attached hydrogens (tertiary/aromatic N) is 2. The maximum absolute atomic E-state index is 9.29. The molecule has 0 unspecified atom stereocenters. The Morgan fingerprint density at radius 3 is 2.67 bits per heavy atom. The number of aromatic amines is 1. The van der Waals surface area contributed by atoms with Crippen LogP contribution in [0.15, 0.2) is 63.1 Å². The molecule has 0 atom stereocenters. The number of H-pyrrole nitrogens is 1. The van der Waals surface area contributed by atoms with Gasteiger partial charge in [-0.05, 0) is 47.7 Å². The lowest BCUT2D eigenvalue weighted by Crippen LogP contribution is -1.78. The summed E-state index contributed by atoms with van der Waals surface area (Å²) in [5.41, 5.74) is 2.86. The van der Waals surface area contributed by atoms with Crippen LogP contribution in [-0.4, -0.2) is 9.97 Å². The normalized spacial score (nSPS) is 11.5. The van der Waals surface area contributed by atoms with Crippen LogP contribution in [0.4, 0.5) is 0 Å². The van der Waals surface area contributed by atoms with Crippen LogP contribution in [-0.2, 0) is 0 Å². The van der Waals surface area contributed by atoms with E-state index in [0.29, 0.717) is 4.91 Å². The zero-order valence-electron chi connectivity index (χ0n) is 10.9. The van der Waals surface area contributed by atoms with E-state index < -0.39 is 0 Å². The zero-order valence-corrected chi connectivity index (χ0v) is 13.3. The average Bonchev–Trinajstić information content (AvgIpc) is 2.91. The van der Waals surface area contributed by atoms with Crippen molar-refractivity contribution in [3.63, 3.8) is 0 Å². The van der Waals surface area contributed by atoms with Gasteiger partial charge in [0.05, 0.1) is 15.9 Å². The summed E-state index contributed by atoms with van der Waals surface area (Å²) in [4.78, 5) is 8.27. The second-order valence-corrected chi connectivity index (χ2v) is 6.28. The fourth-order valence-electron chi connectivity index (χ4n) is 1.88. The van der Waals surface area contributed by atoms with Crippen molar-refractivity contribution >= 4 is 44.8 Å². The van der Waals surface area contributed by atoms with Crippen LogP contribution in [0.1, 0.15) is 5.56 Å². The van der Waals surface area contributed by atoms with Gasteiger partial charge in [0, 0.05) is 4.47 Å². The quantitative estimate of drug-likeness (QED) is 0.532. The van der Waals surface area contributed by atoms with Crippen molar-refractivity contribution in [1.82, 2.24) is 9.97 Å². The summed E-state index contributed by atoms with van der Waals surface area (Å²) in [6.07, 6.45) is 1.85. The van der Waals surface area contributed by atoms with Crippen LogP contribution >= 0.6 is 27.7 Å². The van der Waals surface area contributed by atoms with Gasteiger partial charge in [-0.3, -0.25) is 0 Å². The second kappa shape index (κ2) is 6.17. The molecular weight excluding hydrogens is 346 g/mol. The smallest absolute Gasteiger partial charge is 0.171 e. The van der Waals surface area contributed by atoms with E-state index in [1.165, 1.54) is 11.8 Å². The molecule has 1 heterocycles. The molecule has 3 rings (SSSR count). The number of nitrogens with one attached hydrogen (secondary N) is 1. The number of imidazole rings is 1. The summed E-state index contributed by atoms with van der Waals surface area (Å²) in [5.74, 6) is 0. The number of aromatic nitrogens is 2. The van der Waals surface area contributed by atoms with E-state index in [0.717, 1.165) is 26.2 Å². The molecule has 0 aliphatic carbocycles. The van der Waals surface area contributed by atoms with Crippen LogP contribution in [0.25, 0.3) is 17.1 Å². The molecule has 3 nitrogen and oxygen atoms in total. The van der Waals surface area contributed by atoms with Crippen molar-refractivity contribution in [3.05, 3.63) is 63.5 Å². The third kappa shape index (κ3) is 3.35. The summed E-state index contributed by atoms with van der Waals surface area (Å²) in [5, 5.41) is 10.0. The molecular formula is C16H10BrN3S. The Morgan fingerprint density at radius 2 is 1.95 bits per heavy atom. The van der Waals surface area contributed by atoms with Gasteiger partial charge in [-0.25, -0.2) is 4.98 Å². The van der Waals surface area contributed by atoms with E-state index in [2.05, 4.69) is 32.0 Å². The van der Waals surface area contributed by atoms with Crippen LogP contribution in [0.5, 0.6) is 0 Å². The Bertz CT molecular complexity index is 811. The molecule has 2 aromatic carbocycles. The highest BCUT2D eigenvalue weighted by Crippen LogP contribution is 2.27. The molecule has 0 amide bonds. The number of para-hydroxylation sites is 2. The molecule has 0 aliphatic rings. The predicted molar refractivity (Wildman–Crippen MR) is 89.7 cm³/mol. The van der Waals surface area contributed by atoms with Crippen molar-refractivity contribution in [2.45, 2.75) is 5.16 Å². The van der Waals surface area contributed by atoms with Gasteiger partial charge in [0.2, 0.25) is 0 Å². The number of hydrogen-bond acceptors (Lipinski definition) is 3. The van der Waals surface area contributed by atoms with Crippen molar-refractivity contribution in [2.24, 2.45) is 0 Å². The molecule has 0 bridgehead atoms. The Hall–Kier alpha value is -2.03. The van der Waals surface area contributed by atoms with E-state index in [-0.39, 0.29) is 0 Å². The van der Waals surface area contributed by atoms with E-state index in [1.54, 1.807) is 0 Å². The number of nitriles is 1. The lowest BCUT2D eigenvalue weighted by Gasteiger charge is -1.97. The van der Waals surface area contributed by atoms with Gasteiger partial charge >= 0.3 is 0 Å². The Balaban J connectivity index is 1.87. The van der Waals surface area contributed by atoms with Gasteiger partial charge in [0.1, 0.15) is 6.07 Å². The first-order valence-corrected chi connectivity index (χ1v) is 7.85. The standard InChI is InChI=1S/C16H10BrN3S/c17-12-7-5-11(6-8-12)9-13(10-18)21-16-19-14-3-1-2-4-15(14)20-16/h1-9H,(H,19,20)/b13-9+. The Morgan fingerprint density at radius 1 is 1.19 bits per heavy atom. The fraction of sp³-hybridized carbons (Fsp3) is 0. The number of hydrogen-bond donors (Lipinski definition) is 1. The van der Waals surface area contributed by atoms with Crippen molar-refractivity contribution in [3.8, 4) is 6.07 Å². The minimum atomic E-state index is 0.594. The number of fused-ring (bicyclic) bond motifs is 1. The minimum Gasteiger partial charge on any atom is -0.333 e. The van der Waals surface area contributed by atoms with Gasteiger partial charge in [0.25, 0.3) is 0 Å². The van der Waals surface area contributed by atoms with Crippen LogP contribution in [0, 0.1) is 11.3 Å². The number of benzene rings is 2. The average molecular weight is 356 g/mol. The Kier molecular flexibility index (Phi) is 4.09. The van der Waals surface area contributed by atoms with Gasteiger partial charge in [-0.1, -0.05) is 40.2 Å². The largest absolute Gasteiger partial charge is 0.333 e. The maximum Gasteiger partial charge on any atom is 0.171 e. The van der Waals surface area contributed by atoms with Crippen LogP contribution in [0.2, 0.25) is 0 Å². The minimum absolute atomic E-state index is 0.594. The number of rotatable bonds is 3. The lowest BCUT2D eigenvalue weighted by atomic mass is 10.2. The summed E-state index contributed by atoms with van der Waals surface area (Å²) in [6.45, 7) is 0. The molecule has 0 spiro atoms. The third-order valence-electron chi connectivity index (χ3n) is 2.85. The summed E-state index contributed by atoms with van der Waals surface area (Å²) in [6, 6.07) is 17.8. The lowest BCUT2D eigenvalue weighted by molar-refractivity contribution is 1.09. The van der Waals surface area contributed by atoms with E-state index >= 15 is 0 Å². The molecule has 0 saturated carbocycles. The first kappa shape index (κ1) is 13.9. The molecule has 0 saturated heterocycles. The molecule has 1 N–H and O–H groups in total. The fourth-order valence-corrected chi connectivity index (χ4v) is 2.90. The zero-order chi connectivity index (χ0) is 14.7. The summed E-state index contributed by atoms with van der Waals surface area (Å²) in [7, 11) is 0. The SMILES string of the molecule is N#C/C(=C\c1ccc(Br)cc1)Sc1nc2ccccc2[nH]1. The molecule has 21 heavy (non-hydrogen) atoms. The first-order valence-electron chi connectivity index (χ1n) is 6.24. The van der Waals surface area contributed by atoms with E-state index in [4.69, 9.17) is 0 Å². The monoisotopic (exact) mass is 355 g/mol. The highest BCUT2D eigenvalue weighted by molar-refractivity contribution is 9.10. The molecule has 0 radical (unpaired) electrons. The second-order valence-electron chi connectivity index (χ2n) is 4.33. The summed E-state index contributed by atoms with van der Waals surface area (Å²) >= 11 is 4.73. The maximum atomic E-state index is 9.29. The molecule has 102 valence electrons.